The molecule has 0 aliphatic rings. The fourth-order valence-electron chi connectivity index (χ4n) is 2.84. The van der Waals surface area contributed by atoms with Crippen molar-refractivity contribution in [2.75, 3.05) is 0 Å². The Kier molecular flexibility index (Phi) is 9.52. The Balaban J connectivity index is 2.00. The molecule has 0 saturated carbocycles. The third-order valence-electron chi connectivity index (χ3n) is 4.43. The summed E-state index contributed by atoms with van der Waals surface area (Å²) in [5.41, 5.74) is 7.13. The van der Waals surface area contributed by atoms with Gasteiger partial charge < -0.3 is 5.32 Å². The van der Waals surface area contributed by atoms with E-state index in [4.69, 9.17) is 0 Å². The number of thioether (sulfide) groups is 1. The van der Waals surface area contributed by atoms with Crippen molar-refractivity contribution in [3.05, 3.63) is 94.8 Å². The highest BCUT2D eigenvalue weighted by molar-refractivity contribution is 8.05. The Hall–Kier alpha value is -2.52. The predicted molar refractivity (Wildman–Crippen MR) is 130 cm³/mol. The first kappa shape index (κ1) is 22.8. The third-order valence-corrected chi connectivity index (χ3v) is 5.29. The lowest BCUT2D eigenvalue weighted by atomic mass is 10.0. The van der Waals surface area contributed by atoms with Crippen LogP contribution in [-0.2, 0) is 6.42 Å². The van der Waals surface area contributed by atoms with Gasteiger partial charge in [0.15, 0.2) is 0 Å². The summed E-state index contributed by atoms with van der Waals surface area (Å²) in [4.78, 5) is 4.45. The molecule has 1 aromatic heterocycles. The minimum absolute atomic E-state index is 0.917. The van der Waals surface area contributed by atoms with Crippen LogP contribution >= 0.6 is 11.8 Å². The molecule has 0 bridgehead atoms. The molecular weight excluding hydrogens is 372 g/mol. The highest BCUT2D eigenvalue weighted by atomic mass is 32.2. The van der Waals surface area contributed by atoms with Gasteiger partial charge in [0.05, 0.1) is 5.03 Å². The molecule has 0 spiro atoms. The molecule has 1 heterocycles. The van der Waals surface area contributed by atoms with Gasteiger partial charge in [0.1, 0.15) is 0 Å². The van der Waals surface area contributed by atoms with Gasteiger partial charge in [0.25, 0.3) is 0 Å². The number of aromatic nitrogens is 1. The molecule has 2 rings (SSSR count). The minimum Gasteiger partial charge on any atom is -0.354 e. The molecule has 152 valence electrons. The van der Waals surface area contributed by atoms with Crippen LogP contribution in [0.3, 0.4) is 0 Å². The molecule has 0 amide bonds. The van der Waals surface area contributed by atoms with Crippen LogP contribution in [0.1, 0.15) is 51.8 Å². The molecule has 29 heavy (non-hydrogen) atoms. The van der Waals surface area contributed by atoms with E-state index < -0.39 is 0 Å². The van der Waals surface area contributed by atoms with E-state index in [1.165, 1.54) is 22.3 Å². The monoisotopic (exact) mass is 404 g/mol. The Labute approximate surface area is 180 Å². The summed E-state index contributed by atoms with van der Waals surface area (Å²) in [6.45, 7) is 12.6. The summed E-state index contributed by atoms with van der Waals surface area (Å²) in [6.07, 6.45) is 11.3. The number of nitrogens with one attached hydrogen (secondary N) is 1. The molecule has 0 atom stereocenters. The first-order chi connectivity index (χ1) is 14.0. The van der Waals surface area contributed by atoms with Gasteiger partial charge in [-0.3, -0.25) is 4.98 Å². The van der Waals surface area contributed by atoms with Gasteiger partial charge >= 0.3 is 0 Å². The SMILES string of the molecule is C=C(N/C(C)=C/C=C\CC)S/C=C(\C)c1ccc(-c2ccnc(CCC)c2)cc1. The molecule has 2 nitrogen and oxygen atoms in total. The second-order valence-corrected chi connectivity index (χ2v) is 7.98. The summed E-state index contributed by atoms with van der Waals surface area (Å²) in [5, 5.41) is 6.38. The Morgan fingerprint density at radius 2 is 1.86 bits per heavy atom. The topological polar surface area (TPSA) is 24.9 Å². The Bertz CT molecular complexity index is 889. The van der Waals surface area contributed by atoms with E-state index >= 15 is 0 Å². The van der Waals surface area contributed by atoms with Gasteiger partial charge in [-0.05, 0) is 72.6 Å². The van der Waals surface area contributed by atoms with Gasteiger partial charge in [-0.15, -0.1) is 0 Å². The van der Waals surface area contributed by atoms with Crippen molar-refractivity contribution < 1.29 is 0 Å². The fourth-order valence-corrected chi connectivity index (χ4v) is 3.52. The van der Waals surface area contributed by atoms with E-state index in [1.807, 2.05) is 13.1 Å². The maximum Gasteiger partial charge on any atom is 0.0692 e. The number of aryl methyl sites for hydroxylation is 1. The minimum atomic E-state index is 0.917. The number of allylic oxidation sites excluding steroid dienone is 5. The van der Waals surface area contributed by atoms with E-state index in [1.54, 1.807) is 11.8 Å². The molecule has 0 unspecified atom stereocenters. The summed E-state index contributed by atoms with van der Waals surface area (Å²) in [7, 11) is 0. The van der Waals surface area contributed by atoms with Crippen LogP contribution in [0.2, 0.25) is 0 Å². The van der Waals surface area contributed by atoms with Crippen LogP contribution in [0.5, 0.6) is 0 Å². The quantitative estimate of drug-likeness (QED) is 0.410. The van der Waals surface area contributed by atoms with E-state index in [-0.39, 0.29) is 0 Å². The van der Waals surface area contributed by atoms with Crippen molar-refractivity contribution in [3.63, 3.8) is 0 Å². The molecule has 0 aliphatic carbocycles. The van der Waals surface area contributed by atoms with E-state index in [2.05, 4.69) is 97.7 Å². The summed E-state index contributed by atoms with van der Waals surface area (Å²) in [5.74, 6) is 0. The van der Waals surface area contributed by atoms with Gasteiger partial charge in [-0.25, -0.2) is 0 Å². The molecule has 1 N–H and O–H groups in total. The van der Waals surface area contributed by atoms with Crippen molar-refractivity contribution in [2.45, 2.75) is 47.0 Å². The molecule has 1 aromatic carbocycles. The lowest BCUT2D eigenvalue weighted by Crippen LogP contribution is -2.05. The summed E-state index contributed by atoms with van der Waals surface area (Å²) in [6, 6.07) is 13.0. The number of benzene rings is 1. The smallest absolute Gasteiger partial charge is 0.0692 e. The number of nitrogens with zero attached hydrogens (tertiary/aromatic N) is 1. The molecule has 2 aromatic rings. The maximum absolute atomic E-state index is 4.45. The molecule has 0 saturated heterocycles. The Morgan fingerprint density at radius 3 is 2.55 bits per heavy atom. The van der Waals surface area contributed by atoms with Gasteiger partial charge in [0.2, 0.25) is 0 Å². The number of rotatable bonds is 10. The normalized spacial score (nSPS) is 12.4. The Morgan fingerprint density at radius 1 is 1.10 bits per heavy atom. The van der Waals surface area contributed by atoms with Crippen molar-refractivity contribution in [2.24, 2.45) is 0 Å². The second-order valence-electron chi connectivity index (χ2n) is 7.02. The lowest BCUT2D eigenvalue weighted by molar-refractivity contribution is 0.883. The number of hydrogen-bond acceptors (Lipinski definition) is 3. The maximum atomic E-state index is 4.45. The van der Waals surface area contributed by atoms with E-state index in [0.29, 0.717) is 0 Å². The third kappa shape index (κ3) is 7.78. The van der Waals surface area contributed by atoms with Crippen LogP contribution in [0.25, 0.3) is 16.7 Å². The van der Waals surface area contributed by atoms with Crippen LogP contribution in [-0.4, -0.2) is 4.98 Å². The van der Waals surface area contributed by atoms with Crippen LogP contribution in [0.4, 0.5) is 0 Å². The predicted octanol–water partition coefficient (Wildman–Crippen LogP) is 7.73. The zero-order chi connectivity index (χ0) is 21.1. The summed E-state index contributed by atoms with van der Waals surface area (Å²) >= 11 is 1.61. The first-order valence-corrected chi connectivity index (χ1v) is 11.1. The second kappa shape index (κ2) is 12.1. The van der Waals surface area contributed by atoms with Gasteiger partial charge in [-0.1, -0.05) is 75.0 Å². The van der Waals surface area contributed by atoms with Crippen LogP contribution < -0.4 is 5.32 Å². The van der Waals surface area contributed by atoms with E-state index in [9.17, 15) is 0 Å². The fraction of sp³-hybridized carbons (Fsp3) is 0.269. The average Bonchev–Trinajstić information content (AvgIpc) is 2.73. The zero-order valence-corrected chi connectivity index (χ0v) is 18.9. The number of hydrogen-bond donors (Lipinski definition) is 1. The highest BCUT2D eigenvalue weighted by Gasteiger charge is 2.02. The highest BCUT2D eigenvalue weighted by Crippen LogP contribution is 2.25. The van der Waals surface area contributed by atoms with Crippen LogP contribution in [0, 0.1) is 0 Å². The molecule has 3 heteroatoms. The van der Waals surface area contributed by atoms with Gasteiger partial charge in [-0.2, -0.15) is 0 Å². The zero-order valence-electron chi connectivity index (χ0n) is 18.0. The standard InChI is InChI=1S/C26H32N2S/c1-6-8-9-11-21(4)28-22(5)29-19-20(3)23-12-14-24(15-13-23)25-16-17-27-26(18-25)10-7-2/h8-9,11-19,28H,5-7,10H2,1-4H3/b9-8-,20-19+,21-11+. The average molecular weight is 405 g/mol. The molecule has 0 aliphatic heterocycles. The van der Waals surface area contributed by atoms with Crippen molar-refractivity contribution >= 4 is 17.3 Å². The molecule has 0 radical (unpaired) electrons. The van der Waals surface area contributed by atoms with E-state index in [0.717, 1.165) is 35.7 Å². The first-order valence-electron chi connectivity index (χ1n) is 10.2. The van der Waals surface area contributed by atoms with Crippen molar-refractivity contribution in [1.29, 1.82) is 0 Å². The summed E-state index contributed by atoms with van der Waals surface area (Å²) < 4.78 is 0. The van der Waals surface area contributed by atoms with Gasteiger partial charge in [0, 0.05) is 17.6 Å². The molecule has 0 fully saturated rings. The van der Waals surface area contributed by atoms with Crippen molar-refractivity contribution in [1.82, 2.24) is 10.3 Å². The molecular formula is C26H32N2S. The largest absolute Gasteiger partial charge is 0.354 e. The van der Waals surface area contributed by atoms with Crippen LogP contribution in [0.15, 0.2) is 83.5 Å². The number of pyridine rings is 1. The van der Waals surface area contributed by atoms with Crippen molar-refractivity contribution in [3.8, 4) is 11.1 Å². The lowest BCUT2D eigenvalue weighted by Gasteiger charge is -2.09.